The van der Waals surface area contributed by atoms with Crippen LogP contribution in [0, 0.1) is 0 Å². The van der Waals surface area contributed by atoms with Gasteiger partial charge in [0.05, 0.1) is 6.04 Å². The van der Waals surface area contributed by atoms with Gasteiger partial charge in [0.1, 0.15) is 0 Å². The fraction of sp³-hybridized carbons (Fsp3) is 0.889. The number of amidine groups is 1. The zero-order valence-corrected chi connectivity index (χ0v) is 9.14. The predicted molar refractivity (Wildman–Crippen MR) is 56.5 cm³/mol. The Hall–Kier alpha value is -0.810. The minimum absolute atomic E-state index is 0.0324. The molecule has 1 heterocycles. The van der Waals surface area contributed by atoms with Crippen molar-refractivity contribution in [3.63, 3.8) is 0 Å². The normalized spacial score (nSPS) is 27.1. The summed E-state index contributed by atoms with van der Waals surface area (Å²) in [4.78, 5) is 4.46. The molecule has 1 saturated heterocycles. The number of nitrogens with two attached hydrogens (primary N) is 1. The fourth-order valence-corrected chi connectivity index (χ4v) is 1.81. The molecule has 0 radical (unpaired) electrons. The molecule has 1 fully saturated rings. The Labute approximate surface area is 85.2 Å². The number of likely N-dealkylation sites (tertiary alicyclic amines) is 1. The lowest BCUT2D eigenvalue weighted by molar-refractivity contribution is 0.251. The van der Waals surface area contributed by atoms with Crippen LogP contribution in [0.25, 0.3) is 0 Å². The first-order valence-corrected chi connectivity index (χ1v) is 4.94. The molecule has 82 valence electrons. The summed E-state index contributed by atoms with van der Waals surface area (Å²) < 4.78 is 0. The lowest BCUT2D eigenvalue weighted by Gasteiger charge is -2.24. The van der Waals surface area contributed by atoms with Crippen molar-refractivity contribution in [1.29, 1.82) is 0 Å². The molecule has 14 heavy (non-hydrogen) atoms. The third-order valence-electron chi connectivity index (χ3n) is 3.02. The van der Waals surface area contributed by atoms with E-state index in [1.807, 2.05) is 6.92 Å². The van der Waals surface area contributed by atoms with Crippen LogP contribution in [0.5, 0.6) is 0 Å². The average Bonchev–Trinajstić information content (AvgIpc) is 2.64. The van der Waals surface area contributed by atoms with E-state index in [9.17, 15) is 0 Å². The first-order valence-electron chi connectivity index (χ1n) is 4.94. The molecule has 1 rings (SSSR count). The molecule has 5 nitrogen and oxygen atoms in total. The molecular weight excluding hydrogens is 180 g/mol. The van der Waals surface area contributed by atoms with E-state index in [0.29, 0.717) is 11.9 Å². The minimum atomic E-state index is 0.0324. The molecule has 0 bridgehead atoms. The Bertz CT molecular complexity index is 217. The van der Waals surface area contributed by atoms with Gasteiger partial charge in [-0.25, -0.2) is 0 Å². The Morgan fingerprint density at radius 2 is 2.29 bits per heavy atom. The summed E-state index contributed by atoms with van der Waals surface area (Å²) in [5, 5.41) is 11.6. The fourth-order valence-electron chi connectivity index (χ4n) is 1.81. The SMILES string of the molecule is CC(C(N)=NO)N1CCC(N(C)C)C1. The van der Waals surface area contributed by atoms with E-state index in [1.165, 1.54) is 0 Å². The van der Waals surface area contributed by atoms with Crippen LogP contribution in [-0.2, 0) is 0 Å². The Kier molecular flexibility index (Phi) is 3.71. The molecule has 2 atom stereocenters. The van der Waals surface area contributed by atoms with Gasteiger partial charge in [-0.15, -0.1) is 0 Å². The molecule has 0 aromatic carbocycles. The van der Waals surface area contributed by atoms with E-state index in [1.54, 1.807) is 0 Å². The second-order valence-corrected chi connectivity index (χ2v) is 4.10. The van der Waals surface area contributed by atoms with Crippen molar-refractivity contribution in [2.75, 3.05) is 27.2 Å². The molecule has 5 heteroatoms. The maximum absolute atomic E-state index is 8.57. The van der Waals surface area contributed by atoms with Crippen molar-refractivity contribution in [2.45, 2.75) is 25.4 Å². The smallest absolute Gasteiger partial charge is 0.156 e. The summed E-state index contributed by atoms with van der Waals surface area (Å²) in [6.07, 6.45) is 1.15. The van der Waals surface area contributed by atoms with E-state index < -0.39 is 0 Å². The van der Waals surface area contributed by atoms with Crippen molar-refractivity contribution in [2.24, 2.45) is 10.9 Å². The largest absolute Gasteiger partial charge is 0.409 e. The summed E-state index contributed by atoms with van der Waals surface area (Å²) >= 11 is 0. The third kappa shape index (κ3) is 2.36. The summed E-state index contributed by atoms with van der Waals surface area (Å²) in [6.45, 7) is 3.97. The van der Waals surface area contributed by atoms with Crippen molar-refractivity contribution in [3.05, 3.63) is 0 Å². The van der Waals surface area contributed by atoms with Crippen LogP contribution < -0.4 is 5.73 Å². The van der Waals surface area contributed by atoms with Gasteiger partial charge in [0, 0.05) is 19.1 Å². The van der Waals surface area contributed by atoms with Gasteiger partial charge in [0.15, 0.2) is 5.84 Å². The lowest BCUT2D eigenvalue weighted by atomic mass is 10.2. The van der Waals surface area contributed by atoms with Gasteiger partial charge in [-0.3, -0.25) is 4.90 Å². The highest BCUT2D eigenvalue weighted by atomic mass is 16.4. The van der Waals surface area contributed by atoms with Gasteiger partial charge < -0.3 is 15.8 Å². The third-order valence-corrected chi connectivity index (χ3v) is 3.02. The average molecular weight is 200 g/mol. The topological polar surface area (TPSA) is 65.1 Å². The number of likely N-dealkylation sites (N-methyl/N-ethyl adjacent to an activating group) is 1. The van der Waals surface area contributed by atoms with E-state index in [0.717, 1.165) is 19.5 Å². The number of rotatable bonds is 3. The van der Waals surface area contributed by atoms with Gasteiger partial charge >= 0.3 is 0 Å². The van der Waals surface area contributed by atoms with Crippen molar-refractivity contribution in [3.8, 4) is 0 Å². The summed E-state index contributed by atoms with van der Waals surface area (Å²) in [5.74, 6) is 0.296. The van der Waals surface area contributed by atoms with Crippen LogP contribution in [0.1, 0.15) is 13.3 Å². The number of nitrogens with zero attached hydrogens (tertiary/aromatic N) is 3. The summed E-state index contributed by atoms with van der Waals surface area (Å²) in [7, 11) is 4.17. The van der Waals surface area contributed by atoms with Crippen LogP contribution in [0.3, 0.4) is 0 Å². The maximum Gasteiger partial charge on any atom is 0.156 e. The molecule has 0 aromatic heterocycles. The van der Waals surface area contributed by atoms with Gasteiger partial charge in [-0.05, 0) is 27.4 Å². The molecular formula is C9H20N4O. The number of oxime groups is 1. The molecule has 0 aliphatic carbocycles. The molecule has 0 saturated carbocycles. The zero-order valence-electron chi connectivity index (χ0n) is 9.14. The minimum Gasteiger partial charge on any atom is -0.409 e. The summed E-state index contributed by atoms with van der Waals surface area (Å²) in [6, 6.07) is 0.619. The predicted octanol–water partition coefficient (Wildman–Crippen LogP) is -0.243. The van der Waals surface area contributed by atoms with Crippen molar-refractivity contribution in [1.82, 2.24) is 9.80 Å². The monoisotopic (exact) mass is 200 g/mol. The maximum atomic E-state index is 8.57. The van der Waals surface area contributed by atoms with Crippen LogP contribution >= 0.6 is 0 Å². The van der Waals surface area contributed by atoms with Crippen LogP contribution in [0.2, 0.25) is 0 Å². The van der Waals surface area contributed by atoms with Crippen LogP contribution in [0.15, 0.2) is 5.16 Å². The second kappa shape index (κ2) is 4.61. The van der Waals surface area contributed by atoms with Crippen molar-refractivity contribution >= 4 is 5.84 Å². The van der Waals surface area contributed by atoms with Crippen LogP contribution in [0.4, 0.5) is 0 Å². The van der Waals surface area contributed by atoms with Crippen LogP contribution in [-0.4, -0.2) is 60.1 Å². The van der Waals surface area contributed by atoms with Gasteiger partial charge in [0.2, 0.25) is 0 Å². The van der Waals surface area contributed by atoms with Gasteiger partial charge in [0.25, 0.3) is 0 Å². The summed E-state index contributed by atoms with van der Waals surface area (Å²) in [5.41, 5.74) is 5.56. The van der Waals surface area contributed by atoms with Crippen molar-refractivity contribution < 1.29 is 5.21 Å². The van der Waals surface area contributed by atoms with E-state index >= 15 is 0 Å². The molecule has 3 N–H and O–H groups in total. The van der Waals surface area contributed by atoms with Gasteiger partial charge in [-0.1, -0.05) is 5.16 Å². The Morgan fingerprint density at radius 3 is 2.71 bits per heavy atom. The first-order chi connectivity index (χ1) is 6.56. The lowest BCUT2D eigenvalue weighted by Crippen LogP contribution is -2.43. The molecule has 0 amide bonds. The molecule has 1 aliphatic heterocycles. The Balaban J connectivity index is 2.49. The molecule has 2 unspecified atom stereocenters. The number of hydrogen-bond donors (Lipinski definition) is 2. The van der Waals surface area contributed by atoms with E-state index in [2.05, 4.69) is 29.1 Å². The number of hydrogen-bond acceptors (Lipinski definition) is 4. The highest BCUT2D eigenvalue weighted by Gasteiger charge is 2.28. The highest BCUT2D eigenvalue weighted by Crippen LogP contribution is 2.15. The van der Waals surface area contributed by atoms with E-state index in [4.69, 9.17) is 10.9 Å². The zero-order chi connectivity index (χ0) is 10.7. The molecule has 0 spiro atoms. The second-order valence-electron chi connectivity index (χ2n) is 4.10. The highest BCUT2D eigenvalue weighted by molar-refractivity contribution is 5.84. The molecule has 1 aliphatic rings. The quantitative estimate of drug-likeness (QED) is 0.285. The Morgan fingerprint density at radius 1 is 1.64 bits per heavy atom. The van der Waals surface area contributed by atoms with E-state index in [-0.39, 0.29) is 6.04 Å². The standard InChI is InChI=1S/C9H20N4O/c1-7(9(10)11-14)13-5-4-8(6-13)12(2)3/h7-8,14H,4-6H2,1-3H3,(H2,10,11). The van der Waals surface area contributed by atoms with Gasteiger partial charge in [-0.2, -0.15) is 0 Å². The molecule has 0 aromatic rings. The first kappa shape index (κ1) is 11.3.